The maximum Gasteiger partial charge on any atom is 0.0764 e. The van der Waals surface area contributed by atoms with Crippen LogP contribution in [-0.2, 0) is 13.6 Å². The van der Waals surface area contributed by atoms with Crippen molar-refractivity contribution >= 4 is 0 Å². The van der Waals surface area contributed by atoms with Gasteiger partial charge in [-0.15, -0.1) is 0 Å². The van der Waals surface area contributed by atoms with Gasteiger partial charge in [0.15, 0.2) is 0 Å². The Kier molecular flexibility index (Phi) is 4.04. The van der Waals surface area contributed by atoms with E-state index in [1.807, 2.05) is 17.9 Å². The minimum absolute atomic E-state index is 0.122. The predicted octanol–water partition coefficient (Wildman–Crippen LogP) is 0.275. The molecule has 5 heteroatoms. The molecule has 5 nitrogen and oxygen atoms in total. The predicted molar refractivity (Wildman–Crippen MR) is 73.2 cm³/mol. The number of aromatic nitrogens is 2. The molecule has 0 spiro atoms. The summed E-state index contributed by atoms with van der Waals surface area (Å²) in [5, 5.41) is 4.43. The number of aryl methyl sites for hydroxylation is 1. The second-order valence-electron chi connectivity index (χ2n) is 5.76. The topological polar surface area (TPSA) is 50.3 Å². The van der Waals surface area contributed by atoms with Gasteiger partial charge in [0.05, 0.1) is 5.69 Å². The van der Waals surface area contributed by atoms with Crippen LogP contribution in [0.25, 0.3) is 0 Å². The molecule has 1 aromatic heterocycles. The molecular formula is C13H25N5. The lowest BCUT2D eigenvalue weighted by molar-refractivity contribution is 0.0532. The number of rotatable bonds is 4. The van der Waals surface area contributed by atoms with Gasteiger partial charge in [-0.3, -0.25) is 14.5 Å². The molecular weight excluding hydrogens is 226 g/mol. The van der Waals surface area contributed by atoms with Gasteiger partial charge in [0.2, 0.25) is 0 Å². The first-order valence-electron chi connectivity index (χ1n) is 6.67. The molecule has 1 aliphatic rings. The van der Waals surface area contributed by atoms with Gasteiger partial charge >= 0.3 is 0 Å². The fourth-order valence-electron chi connectivity index (χ4n) is 2.42. The van der Waals surface area contributed by atoms with E-state index in [0.717, 1.165) is 38.4 Å². The summed E-state index contributed by atoms with van der Waals surface area (Å²) in [5.74, 6) is 0. The largest absolute Gasteiger partial charge is 0.329 e. The molecule has 0 unspecified atom stereocenters. The Labute approximate surface area is 110 Å². The van der Waals surface area contributed by atoms with Gasteiger partial charge in [0.25, 0.3) is 0 Å². The van der Waals surface area contributed by atoms with Gasteiger partial charge in [-0.1, -0.05) is 0 Å². The number of piperazine rings is 1. The first-order valence-corrected chi connectivity index (χ1v) is 6.67. The SMILES string of the molecule is Cn1ccc(CN2CCN(C(C)(C)CN)CC2)n1. The molecule has 0 atom stereocenters. The Hall–Kier alpha value is -0.910. The second-order valence-corrected chi connectivity index (χ2v) is 5.76. The molecule has 2 N–H and O–H groups in total. The van der Waals surface area contributed by atoms with Crippen molar-refractivity contribution in [2.75, 3.05) is 32.7 Å². The first-order chi connectivity index (χ1) is 8.51. The van der Waals surface area contributed by atoms with Gasteiger partial charge in [-0.2, -0.15) is 5.10 Å². The fraction of sp³-hybridized carbons (Fsp3) is 0.769. The van der Waals surface area contributed by atoms with E-state index < -0.39 is 0 Å². The van der Waals surface area contributed by atoms with E-state index >= 15 is 0 Å². The van der Waals surface area contributed by atoms with Crippen LogP contribution in [0, 0.1) is 0 Å². The van der Waals surface area contributed by atoms with Crippen molar-refractivity contribution in [2.24, 2.45) is 12.8 Å². The van der Waals surface area contributed by atoms with Crippen molar-refractivity contribution in [3.8, 4) is 0 Å². The minimum Gasteiger partial charge on any atom is -0.329 e. The van der Waals surface area contributed by atoms with Crippen LogP contribution in [0.4, 0.5) is 0 Å². The molecule has 1 aromatic rings. The average Bonchev–Trinajstić information content (AvgIpc) is 2.75. The zero-order valence-electron chi connectivity index (χ0n) is 11.8. The molecule has 2 heterocycles. The van der Waals surface area contributed by atoms with Crippen molar-refractivity contribution in [3.63, 3.8) is 0 Å². The lowest BCUT2D eigenvalue weighted by Crippen LogP contribution is -2.57. The van der Waals surface area contributed by atoms with E-state index in [1.165, 1.54) is 0 Å². The molecule has 2 rings (SSSR count). The van der Waals surface area contributed by atoms with Crippen LogP contribution in [0.15, 0.2) is 12.3 Å². The molecule has 0 saturated carbocycles. The molecule has 0 aliphatic carbocycles. The Bertz CT molecular complexity index is 376. The van der Waals surface area contributed by atoms with Crippen molar-refractivity contribution < 1.29 is 0 Å². The smallest absolute Gasteiger partial charge is 0.0764 e. The van der Waals surface area contributed by atoms with E-state index in [4.69, 9.17) is 5.73 Å². The quantitative estimate of drug-likeness (QED) is 0.835. The number of hydrogen-bond acceptors (Lipinski definition) is 4. The van der Waals surface area contributed by atoms with Crippen LogP contribution < -0.4 is 5.73 Å². The highest BCUT2D eigenvalue weighted by Crippen LogP contribution is 2.16. The van der Waals surface area contributed by atoms with Crippen molar-refractivity contribution in [1.82, 2.24) is 19.6 Å². The lowest BCUT2D eigenvalue weighted by Gasteiger charge is -2.43. The first kappa shape index (κ1) is 13.5. The monoisotopic (exact) mass is 251 g/mol. The van der Waals surface area contributed by atoms with Gasteiger partial charge in [-0.25, -0.2) is 0 Å². The molecule has 1 saturated heterocycles. The summed E-state index contributed by atoms with van der Waals surface area (Å²) in [5.41, 5.74) is 7.11. The molecule has 0 radical (unpaired) electrons. The third-order valence-corrected chi connectivity index (χ3v) is 3.88. The summed E-state index contributed by atoms with van der Waals surface area (Å²) in [7, 11) is 1.96. The fourth-order valence-corrected chi connectivity index (χ4v) is 2.42. The zero-order chi connectivity index (χ0) is 13.2. The third-order valence-electron chi connectivity index (χ3n) is 3.88. The van der Waals surface area contributed by atoms with Crippen molar-refractivity contribution in [1.29, 1.82) is 0 Å². The van der Waals surface area contributed by atoms with Crippen LogP contribution in [-0.4, -0.2) is 57.8 Å². The standard InChI is InChI=1S/C13H25N5/c1-13(2,11-14)18-8-6-17(7-9-18)10-12-4-5-16(3)15-12/h4-5H,6-11,14H2,1-3H3. The van der Waals surface area contributed by atoms with Crippen LogP contribution >= 0.6 is 0 Å². The summed E-state index contributed by atoms with van der Waals surface area (Å²) in [4.78, 5) is 4.95. The molecule has 1 fully saturated rings. The molecule has 0 bridgehead atoms. The number of hydrogen-bond donors (Lipinski definition) is 1. The van der Waals surface area contributed by atoms with E-state index in [-0.39, 0.29) is 5.54 Å². The van der Waals surface area contributed by atoms with Crippen molar-refractivity contribution in [2.45, 2.75) is 25.9 Å². The molecule has 18 heavy (non-hydrogen) atoms. The van der Waals surface area contributed by atoms with Gasteiger partial charge in [0.1, 0.15) is 0 Å². The normalized spacial score (nSPS) is 19.3. The van der Waals surface area contributed by atoms with Crippen LogP contribution in [0.2, 0.25) is 0 Å². The Morgan fingerprint density at radius 3 is 2.44 bits per heavy atom. The maximum absolute atomic E-state index is 5.83. The molecule has 0 aromatic carbocycles. The average molecular weight is 251 g/mol. The Balaban J connectivity index is 1.83. The van der Waals surface area contributed by atoms with Crippen LogP contribution in [0.1, 0.15) is 19.5 Å². The summed E-state index contributed by atoms with van der Waals surface area (Å²) in [6.07, 6.45) is 2.00. The second kappa shape index (κ2) is 5.38. The van der Waals surface area contributed by atoms with Crippen LogP contribution in [0.3, 0.4) is 0 Å². The molecule has 1 aliphatic heterocycles. The van der Waals surface area contributed by atoms with E-state index in [9.17, 15) is 0 Å². The Morgan fingerprint density at radius 1 is 1.28 bits per heavy atom. The number of nitrogens with two attached hydrogens (primary N) is 1. The van der Waals surface area contributed by atoms with Gasteiger partial charge < -0.3 is 5.73 Å². The highest BCUT2D eigenvalue weighted by Gasteiger charge is 2.28. The van der Waals surface area contributed by atoms with E-state index in [0.29, 0.717) is 6.54 Å². The Morgan fingerprint density at radius 2 is 1.94 bits per heavy atom. The summed E-state index contributed by atoms with van der Waals surface area (Å²) >= 11 is 0. The van der Waals surface area contributed by atoms with Crippen LogP contribution in [0.5, 0.6) is 0 Å². The molecule has 0 amide bonds. The summed E-state index contributed by atoms with van der Waals surface area (Å²) in [6, 6.07) is 2.09. The summed E-state index contributed by atoms with van der Waals surface area (Å²) < 4.78 is 1.86. The highest BCUT2D eigenvalue weighted by atomic mass is 15.3. The summed E-state index contributed by atoms with van der Waals surface area (Å²) in [6.45, 7) is 10.5. The van der Waals surface area contributed by atoms with Crippen molar-refractivity contribution in [3.05, 3.63) is 18.0 Å². The number of nitrogens with zero attached hydrogens (tertiary/aromatic N) is 4. The molecule has 102 valence electrons. The van der Waals surface area contributed by atoms with Gasteiger partial charge in [-0.05, 0) is 19.9 Å². The van der Waals surface area contributed by atoms with E-state index in [2.05, 4.69) is 34.8 Å². The zero-order valence-corrected chi connectivity index (χ0v) is 11.8. The minimum atomic E-state index is 0.122. The maximum atomic E-state index is 5.83. The lowest BCUT2D eigenvalue weighted by atomic mass is 10.0. The highest BCUT2D eigenvalue weighted by molar-refractivity contribution is 4.99. The van der Waals surface area contributed by atoms with E-state index in [1.54, 1.807) is 0 Å². The third kappa shape index (κ3) is 3.10. The van der Waals surface area contributed by atoms with Gasteiger partial charge in [0, 0.05) is 58.1 Å².